The highest BCUT2D eigenvalue weighted by molar-refractivity contribution is 6.02. The molecule has 3 rings (SSSR count). The van der Waals surface area contributed by atoms with Crippen LogP contribution in [0.5, 0.6) is 0 Å². The van der Waals surface area contributed by atoms with Crippen molar-refractivity contribution in [3.8, 4) is 0 Å². The first-order valence-electron chi connectivity index (χ1n) is 7.74. The fourth-order valence-corrected chi connectivity index (χ4v) is 3.93. The van der Waals surface area contributed by atoms with Crippen LogP contribution in [-0.2, 0) is 9.53 Å². The van der Waals surface area contributed by atoms with E-state index in [1.807, 2.05) is 38.1 Å². The summed E-state index contributed by atoms with van der Waals surface area (Å²) in [6.07, 6.45) is 3.50. The summed E-state index contributed by atoms with van der Waals surface area (Å²) in [6.45, 7) is 13.2. The molecule has 1 fully saturated rings. The summed E-state index contributed by atoms with van der Waals surface area (Å²) in [5, 5.41) is 0. The molecule has 3 unspecified atom stereocenters. The normalized spacial score (nSPS) is 33.5. The lowest BCUT2D eigenvalue weighted by atomic mass is 9.61. The van der Waals surface area contributed by atoms with Crippen molar-refractivity contribution < 1.29 is 9.53 Å². The van der Waals surface area contributed by atoms with Crippen molar-refractivity contribution >= 4 is 5.78 Å². The van der Waals surface area contributed by atoms with Crippen LogP contribution in [0.3, 0.4) is 0 Å². The van der Waals surface area contributed by atoms with Gasteiger partial charge in [0.25, 0.3) is 0 Å². The third-order valence-corrected chi connectivity index (χ3v) is 5.08. The lowest BCUT2D eigenvalue weighted by Gasteiger charge is -2.52. The number of carbonyl (C=O) groups is 1. The molecular formula is C19H21NO2. The maximum atomic E-state index is 12.6. The summed E-state index contributed by atoms with van der Waals surface area (Å²) in [4.78, 5) is 16.0. The number of ether oxygens (including phenoxy) is 1. The Balaban J connectivity index is 1.98. The molecule has 1 aromatic rings. The van der Waals surface area contributed by atoms with Gasteiger partial charge in [-0.2, -0.15) is 0 Å². The minimum absolute atomic E-state index is 0.0224. The Labute approximate surface area is 131 Å². The van der Waals surface area contributed by atoms with Crippen molar-refractivity contribution in [2.24, 2.45) is 10.8 Å². The fraction of sp³-hybridized carbons (Fsp3) is 0.474. The minimum Gasteiger partial charge on any atom is -0.368 e. The Morgan fingerprint density at radius 3 is 2.55 bits per heavy atom. The summed E-state index contributed by atoms with van der Waals surface area (Å²) in [5.41, 5.74) is 0.512. The number of hydrogen-bond acceptors (Lipinski definition) is 2. The number of hydrogen-bond donors (Lipinski definition) is 0. The van der Waals surface area contributed by atoms with Crippen LogP contribution in [0, 0.1) is 17.4 Å². The summed E-state index contributed by atoms with van der Waals surface area (Å²) in [6, 6.07) is 10.2. The average molecular weight is 295 g/mol. The smallest absolute Gasteiger partial charge is 0.226 e. The van der Waals surface area contributed by atoms with Crippen LogP contribution in [0.4, 0.5) is 0 Å². The zero-order valence-corrected chi connectivity index (χ0v) is 13.3. The number of Topliss-reactive ketones (excluding diaryl/α,β-unsaturated/α-hetero) is 1. The second kappa shape index (κ2) is 5.07. The van der Waals surface area contributed by atoms with Crippen molar-refractivity contribution in [3.05, 3.63) is 59.1 Å². The van der Waals surface area contributed by atoms with E-state index in [0.29, 0.717) is 0 Å². The van der Waals surface area contributed by atoms with Gasteiger partial charge in [-0.1, -0.05) is 57.2 Å². The molecule has 3 nitrogen and oxygen atoms in total. The second-order valence-electron chi connectivity index (χ2n) is 7.15. The fourth-order valence-electron chi connectivity index (χ4n) is 3.93. The predicted octanol–water partition coefficient (Wildman–Crippen LogP) is 4.33. The molecule has 0 amide bonds. The summed E-state index contributed by atoms with van der Waals surface area (Å²) in [7, 11) is 0. The standard InChI is InChI=1S/C19H21NO2/c1-18(2)16(21)14(20-4)12-19(3)11-10-15(22-17(18)19)13-8-6-5-7-9-13/h5-9,12,15,17H,10-11H2,1-3H3. The first-order valence-corrected chi connectivity index (χ1v) is 7.74. The van der Waals surface area contributed by atoms with E-state index in [1.54, 1.807) is 0 Å². The van der Waals surface area contributed by atoms with Gasteiger partial charge in [-0.3, -0.25) is 0 Å². The maximum Gasteiger partial charge on any atom is 0.226 e. The van der Waals surface area contributed by atoms with E-state index in [1.165, 1.54) is 0 Å². The topological polar surface area (TPSA) is 30.7 Å². The van der Waals surface area contributed by atoms with Gasteiger partial charge in [0.05, 0.1) is 18.8 Å². The van der Waals surface area contributed by atoms with Gasteiger partial charge >= 0.3 is 0 Å². The highest BCUT2D eigenvalue weighted by atomic mass is 16.5. The average Bonchev–Trinajstić information content (AvgIpc) is 2.52. The highest BCUT2D eigenvalue weighted by Gasteiger charge is 2.54. The summed E-state index contributed by atoms with van der Waals surface area (Å²) >= 11 is 0. The summed E-state index contributed by atoms with van der Waals surface area (Å²) < 4.78 is 6.39. The molecule has 0 radical (unpaired) electrons. The van der Waals surface area contributed by atoms with Gasteiger partial charge in [-0.15, -0.1) is 0 Å². The van der Waals surface area contributed by atoms with E-state index in [4.69, 9.17) is 11.3 Å². The van der Waals surface area contributed by atoms with Crippen LogP contribution in [-0.4, -0.2) is 11.9 Å². The number of rotatable bonds is 1. The van der Waals surface area contributed by atoms with Crippen LogP contribution < -0.4 is 0 Å². The molecule has 0 aromatic heterocycles. The Morgan fingerprint density at radius 2 is 1.91 bits per heavy atom. The molecule has 0 N–H and O–H groups in total. The number of benzene rings is 1. The van der Waals surface area contributed by atoms with Crippen molar-refractivity contribution in [2.45, 2.75) is 45.8 Å². The molecule has 0 spiro atoms. The molecule has 3 atom stereocenters. The molecule has 0 bridgehead atoms. The van der Waals surface area contributed by atoms with E-state index in [2.05, 4.69) is 23.9 Å². The van der Waals surface area contributed by atoms with Gasteiger partial charge in [0, 0.05) is 10.8 Å². The molecule has 3 heteroatoms. The van der Waals surface area contributed by atoms with E-state index < -0.39 is 5.41 Å². The van der Waals surface area contributed by atoms with Crippen molar-refractivity contribution in [2.75, 3.05) is 0 Å². The monoisotopic (exact) mass is 295 g/mol. The van der Waals surface area contributed by atoms with Gasteiger partial charge in [0.15, 0.2) is 5.78 Å². The van der Waals surface area contributed by atoms with Gasteiger partial charge in [0.1, 0.15) is 0 Å². The second-order valence-corrected chi connectivity index (χ2v) is 7.15. The predicted molar refractivity (Wildman–Crippen MR) is 84.9 cm³/mol. The Bertz CT molecular complexity index is 668. The molecule has 1 aliphatic heterocycles. The number of carbonyl (C=O) groups excluding carboxylic acids is 1. The Morgan fingerprint density at radius 1 is 1.23 bits per heavy atom. The number of fused-ring (bicyclic) bond motifs is 1. The number of ketones is 1. The van der Waals surface area contributed by atoms with Crippen molar-refractivity contribution in [1.29, 1.82) is 0 Å². The van der Waals surface area contributed by atoms with Crippen LogP contribution in [0.25, 0.3) is 4.85 Å². The van der Waals surface area contributed by atoms with E-state index >= 15 is 0 Å². The molecular weight excluding hydrogens is 274 g/mol. The van der Waals surface area contributed by atoms with E-state index in [-0.39, 0.29) is 29.1 Å². The zero-order valence-electron chi connectivity index (χ0n) is 13.3. The minimum atomic E-state index is -0.670. The van der Waals surface area contributed by atoms with Crippen LogP contribution in [0.1, 0.15) is 45.3 Å². The first kappa shape index (κ1) is 15.0. The largest absolute Gasteiger partial charge is 0.368 e. The van der Waals surface area contributed by atoms with Crippen LogP contribution in [0.2, 0.25) is 0 Å². The summed E-state index contributed by atoms with van der Waals surface area (Å²) in [5.74, 6) is -0.0984. The molecule has 0 saturated carbocycles. The number of allylic oxidation sites excluding steroid dienone is 1. The molecule has 2 aliphatic rings. The molecule has 1 aliphatic carbocycles. The molecule has 1 saturated heterocycles. The van der Waals surface area contributed by atoms with E-state index in [9.17, 15) is 4.79 Å². The third-order valence-electron chi connectivity index (χ3n) is 5.08. The third kappa shape index (κ3) is 2.19. The van der Waals surface area contributed by atoms with Crippen molar-refractivity contribution in [3.63, 3.8) is 0 Å². The molecule has 22 heavy (non-hydrogen) atoms. The van der Waals surface area contributed by atoms with Gasteiger partial charge in [-0.25, -0.2) is 4.85 Å². The quantitative estimate of drug-likeness (QED) is 0.722. The molecule has 1 heterocycles. The van der Waals surface area contributed by atoms with Crippen LogP contribution in [0.15, 0.2) is 42.1 Å². The zero-order chi connectivity index (χ0) is 16.0. The lowest BCUT2D eigenvalue weighted by molar-refractivity contribution is -0.172. The highest BCUT2D eigenvalue weighted by Crippen LogP contribution is 2.53. The van der Waals surface area contributed by atoms with Gasteiger partial charge in [0.2, 0.25) is 5.70 Å². The van der Waals surface area contributed by atoms with Crippen LogP contribution >= 0.6 is 0 Å². The number of nitrogens with zero attached hydrogens (tertiary/aromatic N) is 1. The van der Waals surface area contributed by atoms with Gasteiger partial charge < -0.3 is 9.53 Å². The Hall–Kier alpha value is -1.92. The molecule has 1 aromatic carbocycles. The van der Waals surface area contributed by atoms with Gasteiger partial charge in [-0.05, 0) is 18.4 Å². The SMILES string of the molecule is [C-]#[N+]C1=CC2(C)CCC(c3ccccc3)OC2C(C)(C)C1=O. The Kier molecular flexibility index (Phi) is 3.45. The first-order chi connectivity index (χ1) is 10.4. The van der Waals surface area contributed by atoms with Crippen molar-refractivity contribution in [1.82, 2.24) is 0 Å². The molecule has 114 valence electrons. The van der Waals surface area contributed by atoms with E-state index in [0.717, 1.165) is 18.4 Å². The maximum absolute atomic E-state index is 12.6. The lowest BCUT2D eigenvalue weighted by Crippen LogP contribution is -2.54.